The summed E-state index contributed by atoms with van der Waals surface area (Å²) in [6, 6.07) is 9.15. The van der Waals surface area contributed by atoms with Crippen molar-refractivity contribution in [1.82, 2.24) is 20.3 Å². The highest BCUT2D eigenvalue weighted by Crippen LogP contribution is 2.18. The van der Waals surface area contributed by atoms with Crippen LogP contribution in [0.15, 0.2) is 30.5 Å². The molecule has 0 spiro atoms. The van der Waals surface area contributed by atoms with E-state index in [-0.39, 0.29) is 0 Å². The normalized spacial score (nSPS) is 12.9. The number of aryl methyl sites for hydroxylation is 1. The van der Waals surface area contributed by atoms with Crippen LogP contribution in [-0.2, 0) is 13.6 Å². The largest absolute Gasteiger partial charge is 0.305 e. The van der Waals surface area contributed by atoms with Gasteiger partial charge in [-0.2, -0.15) is 0 Å². The van der Waals surface area contributed by atoms with E-state index in [4.69, 9.17) is 0 Å². The molecule has 0 aliphatic carbocycles. The molecule has 0 saturated heterocycles. The van der Waals surface area contributed by atoms with Gasteiger partial charge >= 0.3 is 0 Å². The quantitative estimate of drug-likeness (QED) is 0.896. The van der Waals surface area contributed by atoms with Crippen LogP contribution in [0.4, 0.5) is 0 Å². The van der Waals surface area contributed by atoms with Gasteiger partial charge in [-0.15, -0.1) is 5.10 Å². The van der Waals surface area contributed by atoms with E-state index in [1.165, 1.54) is 11.1 Å². The molecule has 0 bridgehead atoms. The Bertz CT molecular complexity index is 513. The molecule has 0 amide bonds. The summed E-state index contributed by atoms with van der Waals surface area (Å²) in [5.74, 6) is 0.581. The standard InChI is InChI=1S/C15H22N4/c1-11(2)13-5-7-14(8-6-13)12(3)16-9-15-10-17-18-19(15)4/h5-8,10-12,16H,9H2,1-4H3. The summed E-state index contributed by atoms with van der Waals surface area (Å²) in [5.41, 5.74) is 3.77. The number of aromatic nitrogens is 3. The molecule has 2 rings (SSSR count). The Morgan fingerprint density at radius 3 is 2.26 bits per heavy atom. The fourth-order valence-corrected chi connectivity index (χ4v) is 2.02. The first kappa shape index (κ1) is 13.7. The summed E-state index contributed by atoms with van der Waals surface area (Å²) in [6.07, 6.45) is 1.79. The van der Waals surface area contributed by atoms with Crippen LogP contribution < -0.4 is 5.32 Å². The fourth-order valence-electron chi connectivity index (χ4n) is 2.02. The fraction of sp³-hybridized carbons (Fsp3) is 0.467. The molecule has 1 aromatic carbocycles. The molecule has 102 valence electrons. The molecule has 19 heavy (non-hydrogen) atoms. The Labute approximate surface area is 114 Å². The lowest BCUT2D eigenvalue weighted by Crippen LogP contribution is -2.19. The van der Waals surface area contributed by atoms with Gasteiger partial charge in [0.15, 0.2) is 0 Å². The summed E-state index contributed by atoms with van der Waals surface area (Å²) < 4.78 is 1.79. The third-order valence-corrected chi connectivity index (χ3v) is 3.50. The maximum atomic E-state index is 3.92. The van der Waals surface area contributed by atoms with Crippen molar-refractivity contribution < 1.29 is 0 Å². The second-order valence-electron chi connectivity index (χ2n) is 5.27. The van der Waals surface area contributed by atoms with Crippen molar-refractivity contribution in [2.45, 2.75) is 39.3 Å². The van der Waals surface area contributed by atoms with Crippen molar-refractivity contribution in [3.05, 3.63) is 47.3 Å². The minimum atomic E-state index is 0.316. The number of nitrogens with one attached hydrogen (secondary N) is 1. The van der Waals surface area contributed by atoms with E-state index < -0.39 is 0 Å². The SMILES string of the molecule is CC(C)c1ccc(C(C)NCc2cnnn2C)cc1. The number of nitrogens with zero attached hydrogens (tertiary/aromatic N) is 3. The minimum absolute atomic E-state index is 0.316. The summed E-state index contributed by atoms with van der Waals surface area (Å²) in [7, 11) is 1.91. The van der Waals surface area contributed by atoms with Crippen molar-refractivity contribution >= 4 is 0 Å². The average Bonchev–Trinajstić information content (AvgIpc) is 2.81. The molecule has 1 atom stereocenters. The molecule has 2 aromatic rings. The Kier molecular flexibility index (Phi) is 4.32. The van der Waals surface area contributed by atoms with E-state index in [9.17, 15) is 0 Å². The predicted octanol–water partition coefficient (Wildman–Crippen LogP) is 2.79. The Balaban J connectivity index is 1.96. The topological polar surface area (TPSA) is 42.7 Å². The molecule has 0 aliphatic heterocycles. The molecule has 0 radical (unpaired) electrons. The lowest BCUT2D eigenvalue weighted by Gasteiger charge is -2.15. The Morgan fingerprint density at radius 2 is 1.74 bits per heavy atom. The third-order valence-electron chi connectivity index (χ3n) is 3.50. The number of rotatable bonds is 5. The zero-order valence-corrected chi connectivity index (χ0v) is 12.1. The van der Waals surface area contributed by atoms with Crippen molar-refractivity contribution in [2.24, 2.45) is 7.05 Å². The zero-order chi connectivity index (χ0) is 13.8. The highest BCUT2D eigenvalue weighted by atomic mass is 15.4. The summed E-state index contributed by atoms with van der Waals surface area (Å²) in [6.45, 7) is 7.38. The maximum absolute atomic E-state index is 3.92. The van der Waals surface area contributed by atoms with E-state index in [1.807, 2.05) is 7.05 Å². The first-order valence-corrected chi connectivity index (χ1v) is 6.74. The summed E-state index contributed by atoms with van der Waals surface area (Å²) in [4.78, 5) is 0. The molecule has 1 N–H and O–H groups in total. The van der Waals surface area contributed by atoms with Gasteiger partial charge in [-0.05, 0) is 24.0 Å². The molecule has 1 aromatic heterocycles. The highest BCUT2D eigenvalue weighted by molar-refractivity contribution is 5.26. The monoisotopic (exact) mass is 258 g/mol. The number of hydrogen-bond acceptors (Lipinski definition) is 3. The van der Waals surface area contributed by atoms with Gasteiger partial charge in [-0.25, -0.2) is 0 Å². The molecule has 0 saturated carbocycles. The van der Waals surface area contributed by atoms with Crippen molar-refractivity contribution in [1.29, 1.82) is 0 Å². The van der Waals surface area contributed by atoms with Gasteiger partial charge < -0.3 is 5.32 Å². The molecule has 0 fully saturated rings. The van der Waals surface area contributed by atoms with Gasteiger partial charge in [-0.3, -0.25) is 4.68 Å². The number of hydrogen-bond donors (Lipinski definition) is 1. The zero-order valence-electron chi connectivity index (χ0n) is 12.1. The van der Waals surface area contributed by atoms with E-state index >= 15 is 0 Å². The van der Waals surface area contributed by atoms with Crippen molar-refractivity contribution in [2.75, 3.05) is 0 Å². The van der Waals surface area contributed by atoms with Gasteiger partial charge in [0.05, 0.1) is 11.9 Å². The molecule has 4 nitrogen and oxygen atoms in total. The second kappa shape index (κ2) is 5.97. The smallest absolute Gasteiger partial charge is 0.0738 e. The minimum Gasteiger partial charge on any atom is -0.305 e. The molecule has 0 aliphatic rings. The van der Waals surface area contributed by atoms with Crippen LogP contribution in [0.5, 0.6) is 0 Å². The van der Waals surface area contributed by atoms with E-state index in [2.05, 4.69) is 60.7 Å². The summed E-state index contributed by atoms with van der Waals surface area (Å²) >= 11 is 0. The Hall–Kier alpha value is -1.68. The molecule has 1 unspecified atom stereocenters. The first-order valence-electron chi connectivity index (χ1n) is 6.74. The van der Waals surface area contributed by atoms with Crippen molar-refractivity contribution in [3.63, 3.8) is 0 Å². The van der Waals surface area contributed by atoms with Crippen molar-refractivity contribution in [3.8, 4) is 0 Å². The van der Waals surface area contributed by atoms with E-state index in [1.54, 1.807) is 10.9 Å². The molecular weight excluding hydrogens is 236 g/mol. The molecular formula is C15H22N4. The number of benzene rings is 1. The summed E-state index contributed by atoms with van der Waals surface area (Å²) in [5, 5.41) is 11.3. The first-order chi connectivity index (χ1) is 9.08. The Morgan fingerprint density at radius 1 is 1.11 bits per heavy atom. The average molecular weight is 258 g/mol. The maximum Gasteiger partial charge on any atom is 0.0738 e. The van der Waals surface area contributed by atoms with Crippen LogP contribution in [0.25, 0.3) is 0 Å². The van der Waals surface area contributed by atoms with Crippen LogP contribution in [0.2, 0.25) is 0 Å². The van der Waals surface area contributed by atoms with Crippen LogP contribution in [0, 0.1) is 0 Å². The van der Waals surface area contributed by atoms with Gasteiger partial charge in [0.2, 0.25) is 0 Å². The third kappa shape index (κ3) is 3.41. The van der Waals surface area contributed by atoms with Crippen LogP contribution in [0.1, 0.15) is 49.6 Å². The molecule has 4 heteroatoms. The highest BCUT2D eigenvalue weighted by Gasteiger charge is 2.07. The van der Waals surface area contributed by atoms with Crippen LogP contribution in [0.3, 0.4) is 0 Å². The van der Waals surface area contributed by atoms with Gasteiger partial charge in [0.1, 0.15) is 0 Å². The van der Waals surface area contributed by atoms with Gasteiger partial charge in [0, 0.05) is 19.6 Å². The second-order valence-corrected chi connectivity index (χ2v) is 5.27. The predicted molar refractivity (Wildman–Crippen MR) is 76.8 cm³/mol. The van der Waals surface area contributed by atoms with E-state index in [0.717, 1.165) is 12.2 Å². The van der Waals surface area contributed by atoms with E-state index in [0.29, 0.717) is 12.0 Å². The lowest BCUT2D eigenvalue weighted by atomic mass is 9.99. The lowest BCUT2D eigenvalue weighted by molar-refractivity contribution is 0.546. The van der Waals surface area contributed by atoms with Crippen LogP contribution >= 0.6 is 0 Å². The van der Waals surface area contributed by atoms with Gasteiger partial charge in [0.25, 0.3) is 0 Å². The van der Waals surface area contributed by atoms with Gasteiger partial charge in [-0.1, -0.05) is 43.3 Å². The molecule has 1 heterocycles. The van der Waals surface area contributed by atoms with Crippen LogP contribution in [-0.4, -0.2) is 15.0 Å².